The lowest BCUT2D eigenvalue weighted by atomic mass is 9.90. The average Bonchev–Trinajstić information content (AvgIpc) is 2.30. The van der Waals surface area contributed by atoms with Crippen LogP contribution in [-0.4, -0.2) is 13.7 Å². The number of rotatable bonds is 1. The minimum absolute atomic E-state index is 0.0116. The fraction of sp³-hybridized carbons (Fsp3) is 1.00. The molecule has 0 aromatic heterocycles. The van der Waals surface area contributed by atoms with Crippen molar-refractivity contribution in [2.45, 2.75) is 32.4 Å². The van der Waals surface area contributed by atoms with E-state index in [1.54, 1.807) is 0 Å². The SMILES string of the molecule is CC(C)(C)[C@@H]1C[C@H]1S(=O)(=O)F. The first-order valence-corrected chi connectivity index (χ1v) is 5.11. The molecular formula is C7H13FO2S. The first kappa shape index (κ1) is 8.97. The van der Waals surface area contributed by atoms with Gasteiger partial charge in [-0.1, -0.05) is 20.8 Å². The molecule has 1 aliphatic carbocycles. The average molecular weight is 180 g/mol. The maximum Gasteiger partial charge on any atom is 0.305 e. The lowest BCUT2D eigenvalue weighted by Gasteiger charge is -2.16. The highest BCUT2D eigenvalue weighted by molar-refractivity contribution is 7.87. The molecule has 0 radical (unpaired) electrons. The minimum atomic E-state index is -4.26. The van der Waals surface area contributed by atoms with Crippen LogP contribution in [0.3, 0.4) is 0 Å². The number of halogens is 1. The molecule has 0 aromatic rings. The summed E-state index contributed by atoms with van der Waals surface area (Å²) in [5.41, 5.74) is -0.0795. The largest absolute Gasteiger partial charge is 0.305 e. The van der Waals surface area contributed by atoms with Crippen LogP contribution in [0.15, 0.2) is 0 Å². The standard InChI is InChI=1S/C7H13FO2S/c1-7(2,3)5-4-6(5)11(8,9)10/h5-6H,4H2,1-3H3/t5-,6-/m1/s1. The normalized spacial score (nSPS) is 32.0. The molecular weight excluding hydrogens is 167 g/mol. The molecule has 0 amide bonds. The van der Waals surface area contributed by atoms with Gasteiger partial charge in [-0.2, -0.15) is 8.42 Å². The zero-order valence-electron chi connectivity index (χ0n) is 6.96. The molecule has 2 nitrogen and oxygen atoms in total. The molecule has 1 rings (SSSR count). The van der Waals surface area contributed by atoms with Gasteiger partial charge in [0.1, 0.15) is 0 Å². The summed E-state index contributed by atoms with van der Waals surface area (Å²) in [5, 5.41) is -0.720. The zero-order chi connectivity index (χ0) is 8.86. The lowest BCUT2D eigenvalue weighted by molar-refractivity contribution is 0.349. The van der Waals surface area contributed by atoms with E-state index in [0.717, 1.165) is 0 Å². The van der Waals surface area contributed by atoms with Gasteiger partial charge in [-0.15, -0.1) is 3.89 Å². The first-order chi connectivity index (χ1) is 4.73. The molecule has 1 fully saturated rings. The summed E-state index contributed by atoms with van der Waals surface area (Å²) in [6.45, 7) is 5.80. The second-order valence-corrected chi connectivity index (χ2v) is 5.78. The molecule has 0 N–H and O–H groups in total. The Balaban J connectivity index is 2.65. The van der Waals surface area contributed by atoms with Gasteiger partial charge in [-0.3, -0.25) is 0 Å². The van der Waals surface area contributed by atoms with E-state index in [1.807, 2.05) is 20.8 Å². The van der Waals surface area contributed by atoms with Crippen LogP contribution in [0.2, 0.25) is 0 Å². The van der Waals surface area contributed by atoms with Gasteiger partial charge in [0.2, 0.25) is 0 Å². The van der Waals surface area contributed by atoms with Crippen LogP contribution in [0.5, 0.6) is 0 Å². The third kappa shape index (κ3) is 1.92. The van der Waals surface area contributed by atoms with Crippen molar-refractivity contribution >= 4 is 10.2 Å². The monoisotopic (exact) mass is 180 g/mol. The summed E-state index contributed by atoms with van der Waals surface area (Å²) in [5.74, 6) is 0.0116. The van der Waals surface area contributed by atoms with E-state index >= 15 is 0 Å². The Morgan fingerprint density at radius 1 is 1.36 bits per heavy atom. The molecule has 11 heavy (non-hydrogen) atoms. The van der Waals surface area contributed by atoms with Gasteiger partial charge >= 0.3 is 10.2 Å². The van der Waals surface area contributed by atoms with Crippen molar-refractivity contribution in [2.24, 2.45) is 11.3 Å². The Labute approximate surface area is 67.0 Å². The number of hydrogen-bond acceptors (Lipinski definition) is 2. The maximum atomic E-state index is 12.3. The van der Waals surface area contributed by atoms with Gasteiger partial charge in [-0.25, -0.2) is 0 Å². The third-order valence-electron chi connectivity index (χ3n) is 2.21. The summed E-state index contributed by atoms with van der Waals surface area (Å²) in [4.78, 5) is 0. The Hall–Kier alpha value is -0.120. The molecule has 0 saturated heterocycles. The van der Waals surface area contributed by atoms with E-state index in [2.05, 4.69) is 0 Å². The van der Waals surface area contributed by atoms with Gasteiger partial charge in [0, 0.05) is 0 Å². The van der Waals surface area contributed by atoms with E-state index in [-0.39, 0.29) is 11.3 Å². The fourth-order valence-corrected chi connectivity index (χ4v) is 2.63. The molecule has 4 heteroatoms. The van der Waals surface area contributed by atoms with Crippen molar-refractivity contribution in [1.82, 2.24) is 0 Å². The van der Waals surface area contributed by atoms with Crippen molar-refractivity contribution < 1.29 is 12.3 Å². The van der Waals surface area contributed by atoms with Crippen LogP contribution < -0.4 is 0 Å². The highest BCUT2D eigenvalue weighted by Gasteiger charge is 2.53. The molecule has 1 aliphatic rings. The molecule has 0 aromatic carbocycles. The van der Waals surface area contributed by atoms with E-state index < -0.39 is 15.5 Å². The van der Waals surface area contributed by atoms with Crippen molar-refractivity contribution in [3.05, 3.63) is 0 Å². The van der Waals surface area contributed by atoms with Gasteiger partial charge in [0.05, 0.1) is 5.25 Å². The molecule has 0 heterocycles. The van der Waals surface area contributed by atoms with Crippen LogP contribution in [0.1, 0.15) is 27.2 Å². The van der Waals surface area contributed by atoms with Gasteiger partial charge < -0.3 is 0 Å². The Morgan fingerprint density at radius 2 is 1.82 bits per heavy atom. The molecule has 66 valence electrons. The molecule has 0 bridgehead atoms. The Bertz CT molecular complexity index is 250. The predicted octanol–water partition coefficient (Wildman–Crippen LogP) is 1.72. The Kier molecular flexibility index (Phi) is 1.78. The molecule has 2 atom stereocenters. The van der Waals surface area contributed by atoms with Gasteiger partial charge in [0.15, 0.2) is 0 Å². The van der Waals surface area contributed by atoms with Crippen LogP contribution in [0.25, 0.3) is 0 Å². The lowest BCUT2D eigenvalue weighted by Crippen LogP contribution is -2.14. The summed E-state index contributed by atoms with van der Waals surface area (Å²) in [7, 11) is -4.26. The zero-order valence-corrected chi connectivity index (χ0v) is 7.78. The summed E-state index contributed by atoms with van der Waals surface area (Å²) in [6, 6.07) is 0. The van der Waals surface area contributed by atoms with E-state index in [9.17, 15) is 12.3 Å². The molecule has 1 saturated carbocycles. The molecule has 0 spiro atoms. The topological polar surface area (TPSA) is 34.1 Å². The minimum Gasteiger partial charge on any atom is -0.195 e. The summed E-state index contributed by atoms with van der Waals surface area (Å²) >= 11 is 0. The second-order valence-electron chi connectivity index (χ2n) is 4.22. The van der Waals surface area contributed by atoms with Crippen LogP contribution in [-0.2, 0) is 10.2 Å². The second kappa shape index (κ2) is 2.19. The summed E-state index contributed by atoms with van der Waals surface area (Å²) < 4.78 is 33.1. The molecule has 0 aliphatic heterocycles. The first-order valence-electron chi connectivity index (χ1n) is 3.66. The van der Waals surface area contributed by atoms with Crippen molar-refractivity contribution in [1.29, 1.82) is 0 Å². The van der Waals surface area contributed by atoms with E-state index in [0.29, 0.717) is 6.42 Å². The fourth-order valence-electron chi connectivity index (χ4n) is 1.39. The summed E-state index contributed by atoms with van der Waals surface area (Å²) in [6.07, 6.45) is 0.488. The third-order valence-corrected chi connectivity index (χ3v) is 3.45. The van der Waals surface area contributed by atoms with Crippen molar-refractivity contribution in [3.63, 3.8) is 0 Å². The smallest absolute Gasteiger partial charge is 0.195 e. The van der Waals surface area contributed by atoms with Crippen molar-refractivity contribution in [3.8, 4) is 0 Å². The van der Waals surface area contributed by atoms with Crippen molar-refractivity contribution in [2.75, 3.05) is 0 Å². The number of hydrogen-bond donors (Lipinski definition) is 0. The van der Waals surface area contributed by atoms with Gasteiger partial charge in [-0.05, 0) is 17.8 Å². The maximum absolute atomic E-state index is 12.3. The van der Waals surface area contributed by atoms with E-state index in [1.165, 1.54) is 0 Å². The van der Waals surface area contributed by atoms with Crippen LogP contribution in [0, 0.1) is 11.3 Å². The van der Waals surface area contributed by atoms with Crippen LogP contribution >= 0.6 is 0 Å². The molecule has 0 unspecified atom stereocenters. The highest BCUT2D eigenvalue weighted by atomic mass is 32.3. The van der Waals surface area contributed by atoms with Crippen LogP contribution in [0.4, 0.5) is 3.89 Å². The predicted molar refractivity (Wildman–Crippen MR) is 41.4 cm³/mol. The van der Waals surface area contributed by atoms with Gasteiger partial charge in [0.25, 0.3) is 0 Å². The van der Waals surface area contributed by atoms with E-state index in [4.69, 9.17) is 0 Å². The quantitative estimate of drug-likeness (QED) is 0.576. The highest BCUT2D eigenvalue weighted by Crippen LogP contribution is 2.49. The Morgan fingerprint density at radius 3 is 1.91 bits per heavy atom.